The van der Waals surface area contributed by atoms with Crippen LogP contribution < -0.4 is 5.32 Å². The summed E-state index contributed by atoms with van der Waals surface area (Å²) in [6.07, 6.45) is 8.20. The maximum atomic E-state index is 10.1. The van der Waals surface area contributed by atoms with Gasteiger partial charge in [0.15, 0.2) is 0 Å². The zero-order chi connectivity index (χ0) is 37.2. The molecule has 0 aromatic heterocycles. The Balaban J connectivity index is -0.0000000221. The standard InChI is InChI=1S/C6H10O2.C5H11NO.C5H12O.C4H8O.C4H8.C3H7NO.C3H6O2.C3H8O.7CH4/c1-4-5(2)8-6(3)7;1-4-5(2)6-7-3;1-4-5(2,3)6;1-3-4(2)5;1-3-4-2;1-3(5)4-2;1-3(4)5-2;1-3-4-2;;;;;;;/h4H,1-3H3;4H2,1-3H3;6H,4H2,1-3H3;3H2,1-2H3;3-4H,1-2H3;1-2H3,(H,4,5);1-2H3;3H2,1-2H3;7*1H4/b5-4-;6-5-;;;4-3+;;;;;;;;;;. The van der Waals surface area contributed by atoms with Crippen molar-refractivity contribution in [2.45, 2.75) is 181 Å². The van der Waals surface area contributed by atoms with Gasteiger partial charge in [0.1, 0.15) is 18.7 Å². The van der Waals surface area contributed by atoms with Crippen molar-refractivity contribution in [1.29, 1.82) is 0 Å². The summed E-state index contributed by atoms with van der Waals surface area (Å²) in [4.78, 5) is 43.7. The van der Waals surface area contributed by atoms with Crippen LogP contribution >= 0.6 is 0 Å². The van der Waals surface area contributed by atoms with Gasteiger partial charge < -0.3 is 34.3 Å². The van der Waals surface area contributed by atoms with Gasteiger partial charge in [-0.3, -0.25) is 14.4 Å². The molecule has 0 fully saturated rings. The maximum absolute atomic E-state index is 10.1. The van der Waals surface area contributed by atoms with Gasteiger partial charge in [-0.25, -0.2) is 0 Å². The summed E-state index contributed by atoms with van der Waals surface area (Å²) in [5.74, 6) is 0.401. The molecule has 0 rings (SSSR count). The van der Waals surface area contributed by atoms with Gasteiger partial charge in [-0.1, -0.05) is 90.1 Å². The second-order valence-corrected chi connectivity index (χ2v) is 8.82. The maximum Gasteiger partial charge on any atom is 0.307 e. The van der Waals surface area contributed by atoms with Crippen LogP contribution in [0.3, 0.4) is 0 Å². The number of oxime groups is 1. The first-order valence-electron chi connectivity index (χ1n) is 14.6. The van der Waals surface area contributed by atoms with E-state index in [-0.39, 0.29) is 75.6 Å². The minimum Gasteiger partial charge on any atom is -0.469 e. The molecule has 0 atom stereocenters. The van der Waals surface area contributed by atoms with Crippen LogP contribution in [0.4, 0.5) is 0 Å². The molecule has 0 unspecified atom stereocenters. The number of carbonyl (C=O) groups excluding carboxylic acids is 4. The second kappa shape index (κ2) is 86.0. The monoisotopic (exact) mass is 751 g/mol. The molecule has 11 nitrogen and oxygen atoms in total. The minimum absolute atomic E-state index is 0. The van der Waals surface area contributed by atoms with E-state index < -0.39 is 5.60 Å². The van der Waals surface area contributed by atoms with Crippen molar-refractivity contribution >= 4 is 29.3 Å². The summed E-state index contributed by atoms with van der Waals surface area (Å²) < 4.78 is 13.3. The molecule has 0 saturated heterocycles. The van der Waals surface area contributed by atoms with Crippen LogP contribution in [-0.4, -0.2) is 75.0 Å². The van der Waals surface area contributed by atoms with Crippen LogP contribution in [0.15, 0.2) is 29.1 Å². The highest BCUT2D eigenvalue weighted by atomic mass is 16.6. The molecule has 0 aromatic rings. The fourth-order valence-corrected chi connectivity index (χ4v) is 0.506. The molecule has 0 heterocycles. The Hall–Kier alpha value is -3.05. The van der Waals surface area contributed by atoms with E-state index in [2.05, 4.69) is 29.5 Å². The van der Waals surface area contributed by atoms with E-state index in [4.69, 9.17) is 5.11 Å². The smallest absolute Gasteiger partial charge is 0.307 e. The van der Waals surface area contributed by atoms with E-state index in [1.54, 1.807) is 55.0 Å². The minimum atomic E-state index is -0.458. The Kier molecular flexibility index (Phi) is 164. The van der Waals surface area contributed by atoms with Gasteiger partial charge in [0, 0.05) is 48.0 Å². The Morgan fingerprint density at radius 1 is 0.706 bits per heavy atom. The Morgan fingerprint density at radius 3 is 1.02 bits per heavy atom. The molecule has 11 heteroatoms. The van der Waals surface area contributed by atoms with Gasteiger partial charge in [-0.15, -0.1) is 0 Å². The van der Waals surface area contributed by atoms with E-state index in [0.717, 1.165) is 25.2 Å². The zero-order valence-corrected chi connectivity index (χ0v) is 31.7. The topological polar surface area (TPSA) is 150 Å². The van der Waals surface area contributed by atoms with Gasteiger partial charge in [0.2, 0.25) is 5.91 Å². The number of hydrogen-bond donors (Lipinski definition) is 2. The molecule has 0 saturated carbocycles. The van der Waals surface area contributed by atoms with E-state index in [1.165, 1.54) is 27.9 Å². The third kappa shape index (κ3) is 264. The van der Waals surface area contributed by atoms with Crippen molar-refractivity contribution in [2.24, 2.45) is 5.16 Å². The van der Waals surface area contributed by atoms with E-state index in [1.807, 2.05) is 67.5 Å². The molecule has 0 aliphatic heterocycles. The summed E-state index contributed by atoms with van der Waals surface area (Å²) in [6, 6.07) is 0. The fraction of sp³-hybridized carbons (Fsp3) is 0.775. The molecule has 0 radical (unpaired) electrons. The largest absolute Gasteiger partial charge is 0.469 e. The number of allylic oxidation sites excluding steroid dienone is 4. The second-order valence-electron chi connectivity index (χ2n) is 8.82. The van der Waals surface area contributed by atoms with E-state index in [9.17, 15) is 19.2 Å². The number of nitrogens with zero attached hydrogens (tertiary/aromatic N) is 1. The quantitative estimate of drug-likeness (QED) is 0.0888. The lowest BCUT2D eigenvalue weighted by atomic mass is 10.1. The lowest BCUT2D eigenvalue weighted by Crippen LogP contribution is -2.15. The highest BCUT2D eigenvalue weighted by Gasteiger charge is 2.05. The Labute approximate surface area is 322 Å². The molecule has 0 aliphatic carbocycles. The first-order valence-corrected chi connectivity index (χ1v) is 14.6. The molecule has 0 aromatic carbocycles. The normalized spacial score (nSPS) is 8.16. The van der Waals surface area contributed by atoms with Crippen LogP contribution in [0, 0.1) is 0 Å². The summed E-state index contributed by atoms with van der Waals surface area (Å²) in [5.41, 5.74) is 0.572. The predicted octanol–water partition coefficient (Wildman–Crippen LogP) is 11.7. The average molecular weight is 751 g/mol. The highest BCUT2D eigenvalue weighted by molar-refractivity contribution is 5.80. The van der Waals surface area contributed by atoms with Crippen molar-refractivity contribution < 1.29 is 43.3 Å². The van der Waals surface area contributed by atoms with Crippen LogP contribution in [-0.2, 0) is 38.2 Å². The van der Waals surface area contributed by atoms with Gasteiger partial charge in [-0.05, 0) is 81.2 Å². The molecule has 1 amide bonds. The van der Waals surface area contributed by atoms with Crippen LogP contribution in [0.1, 0.15) is 175 Å². The summed E-state index contributed by atoms with van der Waals surface area (Å²) in [7, 11) is 6.18. The first-order chi connectivity index (χ1) is 20.2. The molecule has 0 bridgehead atoms. The Bertz CT molecular complexity index is 674. The zero-order valence-electron chi connectivity index (χ0n) is 31.7. The van der Waals surface area contributed by atoms with E-state index in [0.29, 0.717) is 12.2 Å². The van der Waals surface area contributed by atoms with Gasteiger partial charge in [0.25, 0.3) is 0 Å². The number of nitrogens with one attached hydrogen (secondary N) is 1. The number of esters is 2. The van der Waals surface area contributed by atoms with Crippen LogP contribution in [0.5, 0.6) is 0 Å². The van der Waals surface area contributed by atoms with Gasteiger partial charge >= 0.3 is 11.9 Å². The average Bonchev–Trinajstić information content (AvgIpc) is 2.98. The summed E-state index contributed by atoms with van der Waals surface area (Å²) >= 11 is 0. The number of rotatable bonds is 6. The van der Waals surface area contributed by atoms with Crippen molar-refractivity contribution in [2.75, 3.05) is 35.0 Å². The summed E-state index contributed by atoms with van der Waals surface area (Å²) in [6.45, 7) is 27.5. The summed E-state index contributed by atoms with van der Waals surface area (Å²) in [5, 5.41) is 14.9. The predicted molar refractivity (Wildman–Crippen MR) is 232 cm³/mol. The van der Waals surface area contributed by atoms with Gasteiger partial charge in [-0.2, -0.15) is 0 Å². The van der Waals surface area contributed by atoms with E-state index >= 15 is 0 Å². The fourth-order valence-electron chi connectivity index (χ4n) is 0.506. The van der Waals surface area contributed by atoms with Crippen molar-refractivity contribution in [3.8, 4) is 0 Å². The van der Waals surface area contributed by atoms with Crippen LogP contribution in [0.25, 0.3) is 0 Å². The molecular formula is C40H98N2O9. The Morgan fingerprint density at radius 2 is 0.980 bits per heavy atom. The lowest BCUT2D eigenvalue weighted by molar-refractivity contribution is -0.138. The molecule has 2 N–H and O–H groups in total. The number of aliphatic hydroxyl groups is 1. The van der Waals surface area contributed by atoms with Crippen molar-refractivity contribution in [3.05, 3.63) is 24.0 Å². The number of methoxy groups -OCH3 is 2. The number of ether oxygens (including phenoxy) is 3. The first kappa shape index (κ1) is 97.4. The number of carbonyl (C=O) groups is 4. The molecule has 51 heavy (non-hydrogen) atoms. The highest BCUT2D eigenvalue weighted by Crippen LogP contribution is 2.03. The number of Topliss-reactive ketones (excluding diaryl/α,β-unsaturated/α-hetero) is 1. The van der Waals surface area contributed by atoms with Crippen LogP contribution in [0.2, 0.25) is 0 Å². The third-order valence-electron chi connectivity index (χ3n) is 4.09. The molecular weight excluding hydrogens is 652 g/mol. The third-order valence-corrected chi connectivity index (χ3v) is 4.09. The molecule has 0 spiro atoms. The number of amides is 1. The number of ketones is 1. The van der Waals surface area contributed by atoms with Gasteiger partial charge in [0.05, 0.1) is 18.4 Å². The van der Waals surface area contributed by atoms with Crippen molar-refractivity contribution in [3.63, 3.8) is 0 Å². The number of hydrogen-bond acceptors (Lipinski definition) is 10. The molecule has 0 aliphatic rings. The van der Waals surface area contributed by atoms with Crippen molar-refractivity contribution in [1.82, 2.24) is 5.32 Å². The molecule has 322 valence electrons. The SMILES string of the molecule is C.C.C.C.C.C.C.C/C=C(/C)OC(C)=O.C/C=C/C.CC/C(C)=N\OC.CCC(C)(C)O.CCC(C)=O.CCOC.CNC(C)=O.COC(C)=O. The lowest BCUT2D eigenvalue weighted by Gasteiger charge is -2.11.